The Hall–Kier alpha value is -3.27. The molecule has 134 valence electrons. The van der Waals surface area contributed by atoms with Crippen molar-refractivity contribution in [2.45, 2.75) is 26.2 Å². The molecule has 0 saturated heterocycles. The summed E-state index contributed by atoms with van der Waals surface area (Å²) >= 11 is 0. The predicted molar refractivity (Wildman–Crippen MR) is 107 cm³/mol. The van der Waals surface area contributed by atoms with Crippen LogP contribution in [0.1, 0.15) is 41.5 Å². The second-order valence-electron chi connectivity index (χ2n) is 6.94. The van der Waals surface area contributed by atoms with Crippen molar-refractivity contribution in [1.29, 1.82) is 0 Å². The quantitative estimate of drug-likeness (QED) is 0.475. The molecule has 0 spiro atoms. The third kappa shape index (κ3) is 3.38. The summed E-state index contributed by atoms with van der Waals surface area (Å²) in [5.74, 6) is 0.222. The van der Waals surface area contributed by atoms with Crippen LogP contribution in [0.5, 0.6) is 0 Å². The molecule has 0 amide bonds. The van der Waals surface area contributed by atoms with Gasteiger partial charge in [0.2, 0.25) is 0 Å². The number of nitrogens with zero attached hydrogens (tertiary/aromatic N) is 3. The average molecular weight is 355 g/mol. The minimum atomic E-state index is 0.0451. The second-order valence-corrected chi connectivity index (χ2v) is 6.94. The molecule has 2 aromatic heterocycles. The Bertz CT molecular complexity index is 1100. The van der Waals surface area contributed by atoms with Gasteiger partial charge >= 0.3 is 0 Å². The normalized spacial score (nSPS) is 11.2. The van der Waals surface area contributed by atoms with Gasteiger partial charge in [-0.25, -0.2) is 4.68 Å². The molecule has 0 unspecified atom stereocenters. The maximum absolute atomic E-state index is 13.0. The molecule has 0 aliphatic heterocycles. The van der Waals surface area contributed by atoms with Crippen molar-refractivity contribution in [3.8, 4) is 5.69 Å². The maximum atomic E-state index is 13.0. The predicted octanol–water partition coefficient (Wildman–Crippen LogP) is 4.97. The van der Waals surface area contributed by atoms with E-state index < -0.39 is 0 Å². The van der Waals surface area contributed by atoms with Gasteiger partial charge in [0.05, 0.1) is 35.1 Å². The third-order valence-electron chi connectivity index (χ3n) is 4.65. The van der Waals surface area contributed by atoms with Crippen molar-refractivity contribution in [3.63, 3.8) is 0 Å². The number of aromatic nitrogens is 3. The highest BCUT2D eigenvalue weighted by molar-refractivity contribution is 5.98. The minimum Gasteiger partial charge on any atom is -0.294 e. The average Bonchev–Trinajstić information content (AvgIpc) is 3.14. The van der Waals surface area contributed by atoms with Gasteiger partial charge in [-0.15, -0.1) is 0 Å². The number of carbonyl (C=O) groups is 1. The number of hydrogen-bond donors (Lipinski definition) is 0. The summed E-state index contributed by atoms with van der Waals surface area (Å²) in [4.78, 5) is 17.7. The van der Waals surface area contributed by atoms with E-state index in [1.165, 1.54) is 0 Å². The fraction of sp³-hybridized carbons (Fsp3) is 0.174. The Labute approximate surface area is 158 Å². The van der Waals surface area contributed by atoms with Crippen LogP contribution in [-0.4, -0.2) is 20.5 Å². The van der Waals surface area contributed by atoms with Crippen molar-refractivity contribution >= 4 is 16.7 Å². The fourth-order valence-electron chi connectivity index (χ4n) is 3.37. The minimum absolute atomic E-state index is 0.0451. The molecule has 0 saturated carbocycles. The largest absolute Gasteiger partial charge is 0.294 e. The molecule has 0 N–H and O–H groups in total. The van der Waals surface area contributed by atoms with Crippen LogP contribution >= 0.6 is 0 Å². The molecular weight excluding hydrogens is 334 g/mol. The standard InChI is InChI=1S/C23H21N3O/c1-16(2)23-20(15-24-26(23)19-9-4-3-5-10-19)22(27)14-18-13-12-17-8-6-7-11-21(17)25-18/h3-13,15-16H,14H2,1-2H3. The van der Waals surface area contributed by atoms with Crippen LogP contribution in [0, 0.1) is 0 Å². The van der Waals surface area contributed by atoms with E-state index in [1.54, 1.807) is 6.20 Å². The lowest BCUT2D eigenvalue weighted by molar-refractivity contribution is 0.0990. The van der Waals surface area contributed by atoms with Gasteiger partial charge < -0.3 is 0 Å². The lowest BCUT2D eigenvalue weighted by Gasteiger charge is -2.12. The Morgan fingerprint density at radius 2 is 1.70 bits per heavy atom. The third-order valence-corrected chi connectivity index (χ3v) is 4.65. The van der Waals surface area contributed by atoms with Crippen LogP contribution < -0.4 is 0 Å². The van der Waals surface area contributed by atoms with Gasteiger partial charge in [-0.3, -0.25) is 9.78 Å². The highest BCUT2D eigenvalue weighted by Gasteiger charge is 2.21. The lowest BCUT2D eigenvalue weighted by atomic mass is 10.00. The highest BCUT2D eigenvalue weighted by Crippen LogP contribution is 2.24. The molecular formula is C23H21N3O. The second kappa shape index (κ2) is 7.16. The summed E-state index contributed by atoms with van der Waals surface area (Å²) in [5, 5.41) is 5.57. The fourth-order valence-corrected chi connectivity index (χ4v) is 3.37. The van der Waals surface area contributed by atoms with Crippen LogP contribution in [-0.2, 0) is 6.42 Å². The Morgan fingerprint density at radius 1 is 0.963 bits per heavy atom. The molecule has 2 heterocycles. The number of rotatable bonds is 5. The first-order valence-electron chi connectivity index (χ1n) is 9.14. The summed E-state index contributed by atoms with van der Waals surface area (Å²) in [6.07, 6.45) is 1.96. The molecule has 0 fully saturated rings. The summed E-state index contributed by atoms with van der Waals surface area (Å²) < 4.78 is 1.87. The highest BCUT2D eigenvalue weighted by atomic mass is 16.1. The molecule has 0 atom stereocenters. The van der Waals surface area contributed by atoms with Gasteiger partial charge in [0.1, 0.15) is 0 Å². The number of ketones is 1. The molecule has 4 rings (SSSR count). The molecule has 2 aromatic carbocycles. The maximum Gasteiger partial charge on any atom is 0.172 e. The number of hydrogen-bond acceptors (Lipinski definition) is 3. The van der Waals surface area contributed by atoms with E-state index in [-0.39, 0.29) is 18.1 Å². The van der Waals surface area contributed by atoms with Gasteiger partial charge in [0.15, 0.2) is 5.78 Å². The van der Waals surface area contributed by atoms with Crippen LogP contribution in [0.4, 0.5) is 0 Å². The molecule has 0 aliphatic carbocycles. The molecule has 4 aromatic rings. The van der Waals surface area contributed by atoms with Crippen molar-refractivity contribution in [2.24, 2.45) is 0 Å². The number of fused-ring (bicyclic) bond motifs is 1. The smallest absolute Gasteiger partial charge is 0.172 e. The van der Waals surface area contributed by atoms with Gasteiger partial charge in [-0.1, -0.05) is 56.3 Å². The molecule has 4 heteroatoms. The Kier molecular flexibility index (Phi) is 4.55. The first kappa shape index (κ1) is 17.2. The molecule has 0 bridgehead atoms. The zero-order valence-electron chi connectivity index (χ0n) is 15.5. The van der Waals surface area contributed by atoms with E-state index in [0.29, 0.717) is 5.56 Å². The number of benzene rings is 2. The zero-order valence-corrected chi connectivity index (χ0v) is 15.5. The topological polar surface area (TPSA) is 47.8 Å². The van der Waals surface area contributed by atoms with E-state index >= 15 is 0 Å². The molecule has 27 heavy (non-hydrogen) atoms. The van der Waals surface area contributed by atoms with Crippen molar-refractivity contribution in [2.75, 3.05) is 0 Å². The van der Waals surface area contributed by atoms with Gasteiger partial charge in [-0.2, -0.15) is 5.10 Å². The Balaban J connectivity index is 1.68. The van der Waals surface area contributed by atoms with E-state index in [1.807, 2.05) is 71.4 Å². The van der Waals surface area contributed by atoms with E-state index in [0.717, 1.165) is 28.0 Å². The van der Waals surface area contributed by atoms with Gasteiger partial charge in [0, 0.05) is 11.1 Å². The summed E-state index contributed by atoms with van der Waals surface area (Å²) in [7, 11) is 0. The van der Waals surface area contributed by atoms with E-state index in [4.69, 9.17) is 0 Å². The van der Waals surface area contributed by atoms with Crippen LogP contribution in [0.3, 0.4) is 0 Å². The molecule has 4 nitrogen and oxygen atoms in total. The monoisotopic (exact) mass is 355 g/mol. The Morgan fingerprint density at radius 3 is 2.48 bits per heavy atom. The number of para-hydroxylation sites is 2. The zero-order chi connectivity index (χ0) is 18.8. The van der Waals surface area contributed by atoms with Crippen LogP contribution in [0.25, 0.3) is 16.6 Å². The first-order chi connectivity index (χ1) is 13.1. The lowest BCUT2D eigenvalue weighted by Crippen LogP contribution is -2.11. The molecule has 0 radical (unpaired) electrons. The van der Waals surface area contributed by atoms with E-state index in [2.05, 4.69) is 23.9 Å². The summed E-state index contributed by atoms with van der Waals surface area (Å²) in [6.45, 7) is 4.17. The number of Topliss-reactive ketones (excluding diaryl/α,β-unsaturated/α-hetero) is 1. The van der Waals surface area contributed by atoms with E-state index in [9.17, 15) is 4.79 Å². The van der Waals surface area contributed by atoms with Crippen LogP contribution in [0.2, 0.25) is 0 Å². The first-order valence-corrected chi connectivity index (χ1v) is 9.14. The van der Waals surface area contributed by atoms with Crippen molar-refractivity contribution < 1.29 is 4.79 Å². The molecule has 0 aliphatic rings. The van der Waals surface area contributed by atoms with Crippen molar-refractivity contribution in [1.82, 2.24) is 14.8 Å². The van der Waals surface area contributed by atoms with Crippen molar-refractivity contribution in [3.05, 3.63) is 89.9 Å². The van der Waals surface area contributed by atoms with Crippen LogP contribution in [0.15, 0.2) is 72.9 Å². The number of carbonyl (C=O) groups excluding carboxylic acids is 1. The van der Waals surface area contributed by atoms with Gasteiger partial charge in [0.25, 0.3) is 0 Å². The van der Waals surface area contributed by atoms with Gasteiger partial charge in [-0.05, 0) is 30.2 Å². The SMILES string of the molecule is CC(C)c1c(C(=O)Cc2ccc3ccccc3n2)cnn1-c1ccccc1. The summed E-state index contributed by atoms with van der Waals surface area (Å²) in [6, 6.07) is 21.8. The summed E-state index contributed by atoms with van der Waals surface area (Å²) in [5.41, 5.74) is 4.26. The number of pyridine rings is 1.